The van der Waals surface area contributed by atoms with Crippen molar-refractivity contribution >= 4 is 22.6 Å². The molecule has 3 aromatic carbocycles. The Bertz CT molecular complexity index is 1160. The van der Waals surface area contributed by atoms with Crippen LogP contribution < -0.4 is 16.4 Å². The van der Waals surface area contributed by atoms with E-state index in [9.17, 15) is 9.59 Å². The molecule has 0 spiro atoms. The maximum Gasteiger partial charge on any atom is 0.247 e. The van der Waals surface area contributed by atoms with Crippen molar-refractivity contribution < 1.29 is 14.3 Å². The number of hydrogen-bond donors (Lipinski definition) is 3. The van der Waals surface area contributed by atoms with Crippen molar-refractivity contribution in [3.63, 3.8) is 0 Å². The lowest BCUT2D eigenvalue weighted by atomic mass is 9.89. The van der Waals surface area contributed by atoms with Crippen molar-refractivity contribution in [1.82, 2.24) is 15.5 Å². The lowest BCUT2D eigenvalue weighted by Crippen LogP contribution is -2.55. The van der Waals surface area contributed by atoms with Crippen molar-refractivity contribution in [1.29, 1.82) is 0 Å². The van der Waals surface area contributed by atoms with Gasteiger partial charge in [0.05, 0.1) is 19.3 Å². The van der Waals surface area contributed by atoms with E-state index in [4.69, 9.17) is 10.5 Å². The number of ether oxygens (including phenoxy) is 1. The lowest BCUT2D eigenvalue weighted by molar-refractivity contribution is -0.139. The highest BCUT2D eigenvalue weighted by Crippen LogP contribution is 2.28. The van der Waals surface area contributed by atoms with Gasteiger partial charge in [0.1, 0.15) is 6.04 Å². The SMILES string of the molecule is CC.CNCC[C@H](N)C(=O)N[C@H](COCc1ccc2ccccc2c1)C(=O)N1CCC(c2ccccc2)CC1. The number of hydrogen-bond acceptors (Lipinski definition) is 5. The molecule has 2 atom stereocenters. The van der Waals surface area contributed by atoms with Crippen LogP contribution in [0.1, 0.15) is 50.2 Å². The zero-order valence-corrected chi connectivity index (χ0v) is 23.6. The van der Waals surface area contributed by atoms with E-state index in [2.05, 4.69) is 59.2 Å². The van der Waals surface area contributed by atoms with E-state index >= 15 is 0 Å². The van der Waals surface area contributed by atoms with Gasteiger partial charge in [0.2, 0.25) is 11.8 Å². The molecule has 4 N–H and O–H groups in total. The molecule has 1 aliphatic heterocycles. The number of benzene rings is 3. The van der Waals surface area contributed by atoms with E-state index in [0.717, 1.165) is 23.8 Å². The summed E-state index contributed by atoms with van der Waals surface area (Å²) >= 11 is 0. The first-order chi connectivity index (χ1) is 19.0. The molecule has 0 bridgehead atoms. The number of nitrogens with two attached hydrogens (primary N) is 1. The third-order valence-corrected chi connectivity index (χ3v) is 7.10. The number of nitrogens with zero attached hydrogens (tertiary/aromatic N) is 1. The lowest BCUT2D eigenvalue weighted by Gasteiger charge is -2.34. The topological polar surface area (TPSA) is 96.7 Å². The van der Waals surface area contributed by atoms with Crippen molar-refractivity contribution in [3.8, 4) is 0 Å². The number of carbonyl (C=O) groups is 2. The molecular weight excluding hydrogens is 488 g/mol. The fourth-order valence-corrected chi connectivity index (χ4v) is 4.89. The van der Waals surface area contributed by atoms with Gasteiger partial charge in [-0.2, -0.15) is 0 Å². The summed E-state index contributed by atoms with van der Waals surface area (Å²) in [4.78, 5) is 28.1. The number of amides is 2. The Labute approximate surface area is 233 Å². The normalized spacial score (nSPS) is 15.2. The Hall–Kier alpha value is -3.26. The number of fused-ring (bicyclic) bond motifs is 1. The minimum Gasteiger partial charge on any atom is -0.374 e. The molecule has 3 aromatic rings. The predicted molar refractivity (Wildman–Crippen MR) is 158 cm³/mol. The average Bonchev–Trinajstić information content (AvgIpc) is 3.00. The van der Waals surface area contributed by atoms with Gasteiger partial charge in [-0.05, 0) is 66.7 Å². The Morgan fingerprint density at radius 1 is 0.974 bits per heavy atom. The van der Waals surface area contributed by atoms with Crippen LogP contribution in [-0.4, -0.2) is 62.1 Å². The first-order valence-corrected chi connectivity index (χ1v) is 14.1. The predicted octanol–water partition coefficient (Wildman–Crippen LogP) is 4.21. The Kier molecular flexibility index (Phi) is 12.4. The Morgan fingerprint density at radius 3 is 2.33 bits per heavy atom. The zero-order chi connectivity index (χ0) is 28.0. The van der Waals surface area contributed by atoms with Crippen LogP contribution in [0.4, 0.5) is 0 Å². The van der Waals surface area contributed by atoms with Crippen LogP contribution >= 0.6 is 0 Å². The Balaban J connectivity index is 0.00000205. The van der Waals surface area contributed by atoms with Gasteiger partial charge in [-0.1, -0.05) is 80.6 Å². The fraction of sp³-hybridized carbons (Fsp3) is 0.438. The highest BCUT2D eigenvalue weighted by molar-refractivity contribution is 5.90. The van der Waals surface area contributed by atoms with Crippen LogP contribution in [0.5, 0.6) is 0 Å². The number of likely N-dealkylation sites (tertiary alicyclic amines) is 1. The second-order valence-corrected chi connectivity index (χ2v) is 9.77. The minimum absolute atomic E-state index is 0.0920. The molecule has 0 radical (unpaired) electrons. The molecule has 0 aromatic heterocycles. The summed E-state index contributed by atoms with van der Waals surface area (Å²) in [6.45, 7) is 6.38. The van der Waals surface area contributed by atoms with Crippen LogP contribution in [-0.2, 0) is 20.9 Å². The fourth-order valence-electron chi connectivity index (χ4n) is 4.89. The highest BCUT2D eigenvalue weighted by atomic mass is 16.5. The number of rotatable bonds is 11. The number of carbonyl (C=O) groups excluding carboxylic acids is 2. The summed E-state index contributed by atoms with van der Waals surface area (Å²) in [6.07, 6.45) is 2.29. The number of nitrogens with one attached hydrogen (secondary N) is 2. The van der Waals surface area contributed by atoms with Crippen molar-refractivity contribution in [2.24, 2.45) is 5.73 Å². The molecule has 7 nitrogen and oxygen atoms in total. The van der Waals surface area contributed by atoms with Gasteiger partial charge in [-0.25, -0.2) is 0 Å². The molecule has 1 saturated heterocycles. The third-order valence-electron chi connectivity index (χ3n) is 7.10. The Morgan fingerprint density at radius 2 is 1.64 bits per heavy atom. The summed E-state index contributed by atoms with van der Waals surface area (Å²) in [5.41, 5.74) is 8.40. The van der Waals surface area contributed by atoms with E-state index < -0.39 is 12.1 Å². The quantitative estimate of drug-likeness (QED) is 0.344. The molecule has 0 saturated carbocycles. The highest BCUT2D eigenvalue weighted by Gasteiger charge is 2.31. The molecule has 0 aliphatic carbocycles. The molecule has 1 aliphatic rings. The average molecular weight is 533 g/mol. The first kappa shape index (κ1) is 30.3. The molecule has 210 valence electrons. The van der Waals surface area contributed by atoms with Gasteiger partial charge in [0, 0.05) is 13.1 Å². The minimum atomic E-state index is -0.776. The molecule has 7 heteroatoms. The summed E-state index contributed by atoms with van der Waals surface area (Å²) < 4.78 is 5.98. The van der Waals surface area contributed by atoms with Gasteiger partial charge in [0.25, 0.3) is 0 Å². The van der Waals surface area contributed by atoms with Gasteiger partial charge >= 0.3 is 0 Å². The maximum absolute atomic E-state index is 13.5. The second-order valence-electron chi connectivity index (χ2n) is 9.77. The van der Waals surface area contributed by atoms with E-state index in [0.29, 0.717) is 38.6 Å². The molecule has 1 heterocycles. The summed E-state index contributed by atoms with van der Waals surface area (Å²) in [7, 11) is 1.82. The molecular formula is C32H44N4O3. The van der Waals surface area contributed by atoms with Gasteiger partial charge in [-0.15, -0.1) is 0 Å². The molecule has 0 unspecified atom stereocenters. The maximum atomic E-state index is 13.5. The van der Waals surface area contributed by atoms with Gasteiger partial charge < -0.3 is 26.0 Å². The monoisotopic (exact) mass is 532 g/mol. The largest absolute Gasteiger partial charge is 0.374 e. The summed E-state index contributed by atoms with van der Waals surface area (Å²) in [5.74, 6) is -0.00122. The summed E-state index contributed by atoms with van der Waals surface area (Å²) in [5, 5.41) is 8.19. The first-order valence-electron chi connectivity index (χ1n) is 14.1. The van der Waals surface area contributed by atoms with Crippen LogP contribution in [0.15, 0.2) is 72.8 Å². The smallest absolute Gasteiger partial charge is 0.247 e. The molecule has 39 heavy (non-hydrogen) atoms. The van der Waals surface area contributed by atoms with Crippen LogP contribution in [0.3, 0.4) is 0 Å². The molecule has 4 rings (SSSR count). The van der Waals surface area contributed by atoms with Crippen molar-refractivity contribution in [3.05, 3.63) is 83.9 Å². The number of piperidine rings is 1. The van der Waals surface area contributed by atoms with E-state index in [1.165, 1.54) is 10.9 Å². The van der Waals surface area contributed by atoms with E-state index in [-0.39, 0.29) is 18.4 Å². The van der Waals surface area contributed by atoms with Gasteiger partial charge in [-0.3, -0.25) is 9.59 Å². The van der Waals surface area contributed by atoms with Crippen LogP contribution in [0.2, 0.25) is 0 Å². The van der Waals surface area contributed by atoms with Crippen LogP contribution in [0.25, 0.3) is 10.8 Å². The molecule has 2 amide bonds. The summed E-state index contributed by atoms with van der Waals surface area (Å²) in [6, 6.07) is 23.3. The van der Waals surface area contributed by atoms with E-state index in [1.807, 2.05) is 50.1 Å². The standard InChI is InChI=1S/C30H38N4O3.C2H6/c1-32-16-13-27(31)29(35)33-28(21-37-20-22-11-12-24-9-5-6-10-26(24)19-22)30(36)34-17-14-25(15-18-34)23-7-3-2-4-8-23;1-2/h2-12,19,25,27-28,32H,13-18,20-21,31H2,1H3,(H,33,35);1-2H3/t27-,28+;/m0./s1. The second kappa shape index (κ2) is 16.0. The van der Waals surface area contributed by atoms with Crippen molar-refractivity contribution in [2.45, 2.75) is 57.7 Å². The van der Waals surface area contributed by atoms with E-state index in [1.54, 1.807) is 0 Å². The van der Waals surface area contributed by atoms with Crippen LogP contribution in [0, 0.1) is 0 Å². The van der Waals surface area contributed by atoms with Crippen molar-refractivity contribution in [2.75, 3.05) is 33.3 Å². The third kappa shape index (κ3) is 8.88. The van der Waals surface area contributed by atoms with Gasteiger partial charge in [0.15, 0.2) is 0 Å². The zero-order valence-electron chi connectivity index (χ0n) is 23.6. The molecule has 1 fully saturated rings.